The molecule has 1 aromatic rings. The lowest BCUT2D eigenvalue weighted by atomic mass is 10.2. The molecular weight excluding hydrogens is 203 g/mol. The maximum atomic E-state index is 13.1. The predicted molar refractivity (Wildman–Crippen MR) is 54.2 cm³/mol. The van der Waals surface area contributed by atoms with E-state index in [4.69, 9.17) is 0 Å². The second-order valence-corrected chi connectivity index (χ2v) is 3.41. The minimum Gasteiger partial charge on any atom is -0.377 e. The molecular formula is C11H12F3N. The van der Waals surface area contributed by atoms with Crippen LogP contribution in [0.3, 0.4) is 0 Å². The number of nitrogens with one attached hydrogen (secondary N) is 1. The zero-order valence-electron chi connectivity index (χ0n) is 8.57. The lowest BCUT2D eigenvalue weighted by molar-refractivity contribution is 0.548. The van der Waals surface area contributed by atoms with Crippen molar-refractivity contribution in [1.82, 2.24) is 0 Å². The predicted octanol–water partition coefficient (Wildman–Crippen LogP) is 3.48. The third kappa shape index (κ3) is 3.31. The summed E-state index contributed by atoms with van der Waals surface area (Å²) in [7, 11) is 0. The second-order valence-electron chi connectivity index (χ2n) is 3.41. The third-order valence-electron chi connectivity index (χ3n) is 1.80. The van der Waals surface area contributed by atoms with Gasteiger partial charge in [0, 0.05) is 18.7 Å². The van der Waals surface area contributed by atoms with Crippen LogP contribution in [-0.2, 0) is 0 Å². The summed E-state index contributed by atoms with van der Waals surface area (Å²) in [6, 6.07) is 1.29. The summed E-state index contributed by atoms with van der Waals surface area (Å²) in [4.78, 5) is 0. The van der Waals surface area contributed by atoms with E-state index in [0.717, 1.165) is 5.57 Å². The van der Waals surface area contributed by atoms with Crippen molar-refractivity contribution in [3.8, 4) is 0 Å². The van der Waals surface area contributed by atoms with E-state index in [1.807, 2.05) is 13.8 Å². The first-order valence-electron chi connectivity index (χ1n) is 4.52. The molecule has 0 aromatic heterocycles. The number of benzene rings is 1. The van der Waals surface area contributed by atoms with Crippen molar-refractivity contribution in [3.05, 3.63) is 41.2 Å². The molecule has 0 aliphatic rings. The number of hydrogen-bond donors (Lipinski definition) is 1. The summed E-state index contributed by atoms with van der Waals surface area (Å²) in [6.07, 6.45) is 1.78. The average Bonchev–Trinajstić information content (AvgIpc) is 2.08. The Bertz CT molecular complexity index is 358. The molecule has 15 heavy (non-hydrogen) atoms. The SMILES string of the molecule is CC(C)=CCNc1c(F)cc(F)cc1F. The summed E-state index contributed by atoms with van der Waals surface area (Å²) in [5, 5.41) is 2.55. The van der Waals surface area contributed by atoms with Crippen LogP contribution in [0.15, 0.2) is 23.8 Å². The van der Waals surface area contributed by atoms with Crippen LogP contribution in [0.4, 0.5) is 18.9 Å². The molecule has 0 bridgehead atoms. The molecule has 0 fully saturated rings. The summed E-state index contributed by atoms with van der Waals surface area (Å²) in [6.45, 7) is 4.06. The van der Waals surface area contributed by atoms with E-state index in [2.05, 4.69) is 5.32 Å². The Balaban J connectivity index is 2.81. The van der Waals surface area contributed by atoms with E-state index in [-0.39, 0.29) is 5.69 Å². The lowest BCUT2D eigenvalue weighted by Crippen LogP contribution is -2.04. The zero-order valence-corrected chi connectivity index (χ0v) is 8.57. The van der Waals surface area contributed by atoms with Gasteiger partial charge in [0.05, 0.1) is 0 Å². The van der Waals surface area contributed by atoms with Crippen LogP contribution in [0.25, 0.3) is 0 Å². The van der Waals surface area contributed by atoms with Crippen molar-refractivity contribution in [2.45, 2.75) is 13.8 Å². The smallest absolute Gasteiger partial charge is 0.152 e. The van der Waals surface area contributed by atoms with E-state index in [1.54, 1.807) is 6.08 Å². The molecule has 0 spiro atoms. The van der Waals surface area contributed by atoms with Gasteiger partial charge in [-0.1, -0.05) is 11.6 Å². The maximum absolute atomic E-state index is 13.1. The highest BCUT2D eigenvalue weighted by Gasteiger charge is 2.09. The monoisotopic (exact) mass is 215 g/mol. The van der Waals surface area contributed by atoms with E-state index in [9.17, 15) is 13.2 Å². The van der Waals surface area contributed by atoms with Crippen LogP contribution in [-0.4, -0.2) is 6.54 Å². The number of anilines is 1. The topological polar surface area (TPSA) is 12.0 Å². The standard InChI is InChI=1S/C11H12F3N/c1-7(2)3-4-15-11-9(13)5-8(12)6-10(11)14/h3,5-6,15H,4H2,1-2H3. The Labute approximate surface area is 86.6 Å². The van der Waals surface area contributed by atoms with Crippen molar-refractivity contribution < 1.29 is 13.2 Å². The molecule has 0 radical (unpaired) electrons. The van der Waals surface area contributed by atoms with Crippen LogP contribution in [0.2, 0.25) is 0 Å². The second kappa shape index (κ2) is 4.87. The molecule has 0 atom stereocenters. The number of rotatable bonds is 3. The number of halogens is 3. The summed E-state index contributed by atoms with van der Waals surface area (Å²) in [5.74, 6) is -2.76. The van der Waals surface area contributed by atoms with Crippen LogP contribution in [0.5, 0.6) is 0 Å². The zero-order chi connectivity index (χ0) is 11.4. The minimum absolute atomic E-state index is 0.297. The lowest BCUT2D eigenvalue weighted by Gasteiger charge is -2.06. The van der Waals surface area contributed by atoms with Gasteiger partial charge in [0.1, 0.15) is 11.5 Å². The maximum Gasteiger partial charge on any atom is 0.152 e. The molecule has 0 unspecified atom stereocenters. The van der Waals surface area contributed by atoms with Gasteiger partial charge in [-0.2, -0.15) is 0 Å². The van der Waals surface area contributed by atoms with Crippen molar-refractivity contribution in [1.29, 1.82) is 0 Å². The molecule has 82 valence electrons. The summed E-state index contributed by atoms with van der Waals surface area (Å²) >= 11 is 0. The Morgan fingerprint density at radius 3 is 2.20 bits per heavy atom. The van der Waals surface area contributed by atoms with E-state index >= 15 is 0 Å². The van der Waals surface area contributed by atoms with Gasteiger partial charge in [-0.05, 0) is 13.8 Å². The first-order valence-corrected chi connectivity index (χ1v) is 4.52. The molecule has 1 aromatic carbocycles. The van der Waals surface area contributed by atoms with Gasteiger partial charge in [-0.3, -0.25) is 0 Å². The molecule has 0 saturated carbocycles. The van der Waals surface area contributed by atoms with Gasteiger partial charge in [0.2, 0.25) is 0 Å². The van der Waals surface area contributed by atoms with Crippen LogP contribution >= 0.6 is 0 Å². The average molecular weight is 215 g/mol. The highest BCUT2D eigenvalue weighted by Crippen LogP contribution is 2.19. The van der Waals surface area contributed by atoms with E-state index < -0.39 is 17.5 Å². The van der Waals surface area contributed by atoms with E-state index in [0.29, 0.717) is 18.7 Å². The van der Waals surface area contributed by atoms with Crippen molar-refractivity contribution in [2.24, 2.45) is 0 Å². The molecule has 0 saturated heterocycles. The molecule has 0 amide bonds. The highest BCUT2D eigenvalue weighted by molar-refractivity contribution is 5.46. The van der Waals surface area contributed by atoms with Crippen molar-refractivity contribution in [3.63, 3.8) is 0 Å². The normalized spacial score (nSPS) is 9.93. The van der Waals surface area contributed by atoms with Crippen LogP contribution in [0, 0.1) is 17.5 Å². The molecule has 4 heteroatoms. The summed E-state index contributed by atoms with van der Waals surface area (Å²) in [5.41, 5.74) is 0.735. The van der Waals surface area contributed by atoms with Gasteiger partial charge in [0.15, 0.2) is 11.6 Å². The number of hydrogen-bond acceptors (Lipinski definition) is 1. The third-order valence-corrected chi connectivity index (χ3v) is 1.80. The fraction of sp³-hybridized carbons (Fsp3) is 0.273. The molecule has 1 rings (SSSR count). The molecule has 0 aliphatic carbocycles. The summed E-state index contributed by atoms with van der Waals surface area (Å²) < 4.78 is 38.7. The Hall–Kier alpha value is -1.45. The van der Waals surface area contributed by atoms with Gasteiger partial charge >= 0.3 is 0 Å². The van der Waals surface area contributed by atoms with Crippen LogP contribution in [0.1, 0.15) is 13.8 Å². The molecule has 1 nitrogen and oxygen atoms in total. The van der Waals surface area contributed by atoms with Crippen molar-refractivity contribution >= 4 is 5.69 Å². The Morgan fingerprint density at radius 2 is 1.73 bits per heavy atom. The quantitative estimate of drug-likeness (QED) is 0.761. The van der Waals surface area contributed by atoms with Gasteiger partial charge < -0.3 is 5.32 Å². The fourth-order valence-electron chi connectivity index (χ4n) is 1.07. The fourth-order valence-corrected chi connectivity index (χ4v) is 1.07. The molecule has 0 heterocycles. The Kier molecular flexibility index (Phi) is 3.77. The molecule has 1 N–H and O–H groups in total. The van der Waals surface area contributed by atoms with Crippen LogP contribution < -0.4 is 5.32 Å². The van der Waals surface area contributed by atoms with Gasteiger partial charge in [0.25, 0.3) is 0 Å². The minimum atomic E-state index is -0.922. The van der Waals surface area contributed by atoms with E-state index in [1.165, 1.54) is 0 Å². The largest absolute Gasteiger partial charge is 0.377 e. The van der Waals surface area contributed by atoms with Gasteiger partial charge in [-0.15, -0.1) is 0 Å². The van der Waals surface area contributed by atoms with Crippen molar-refractivity contribution in [2.75, 3.05) is 11.9 Å². The number of allylic oxidation sites excluding steroid dienone is 1. The first kappa shape index (κ1) is 11.6. The first-order chi connectivity index (χ1) is 7.00. The Morgan fingerprint density at radius 1 is 1.20 bits per heavy atom. The molecule has 0 aliphatic heterocycles. The highest BCUT2D eigenvalue weighted by atomic mass is 19.1. The van der Waals surface area contributed by atoms with Gasteiger partial charge in [-0.25, -0.2) is 13.2 Å².